The van der Waals surface area contributed by atoms with Crippen LogP contribution in [0.3, 0.4) is 0 Å². The second-order valence-corrected chi connectivity index (χ2v) is 7.73. The van der Waals surface area contributed by atoms with Crippen molar-refractivity contribution in [1.82, 2.24) is 5.32 Å². The maximum atomic E-state index is 13.8. The van der Waals surface area contributed by atoms with E-state index in [1.807, 2.05) is 12.1 Å². The Hall–Kier alpha value is -0.890. The minimum absolute atomic E-state index is 0.0813. The van der Waals surface area contributed by atoms with Crippen LogP contribution in [0.4, 0.5) is 4.39 Å². The molecule has 0 aromatic heterocycles. The van der Waals surface area contributed by atoms with Crippen molar-refractivity contribution in [3.8, 4) is 0 Å². The van der Waals surface area contributed by atoms with Crippen molar-refractivity contribution in [3.63, 3.8) is 0 Å². The minimum atomic E-state index is -0.0813. The summed E-state index contributed by atoms with van der Waals surface area (Å²) in [7, 11) is 0. The molecular formula is C19H30FN. The third-order valence-corrected chi connectivity index (χ3v) is 4.86. The second-order valence-electron chi connectivity index (χ2n) is 7.73. The zero-order chi connectivity index (χ0) is 15.5. The number of halogens is 1. The fourth-order valence-electron chi connectivity index (χ4n) is 3.79. The second kappa shape index (κ2) is 6.91. The Balaban J connectivity index is 1.97. The largest absolute Gasteiger partial charge is 0.311 e. The molecule has 1 nitrogen and oxygen atoms in total. The number of rotatable bonds is 4. The number of hydrogen-bond acceptors (Lipinski definition) is 1. The van der Waals surface area contributed by atoms with Gasteiger partial charge in [0.2, 0.25) is 0 Å². The molecule has 1 aliphatic rings. The molecule has 2 heteroatoms. The van der Waals surface area contributed by atoms with Gasteiger partial charge in [-0.25, -0.2) is 4.39 Å². The number of nitrogens with one attached hydrogen (secondary N) is 1. The average molecular weight is 291 g/mol. The first-order chi connectivity index (χ1) is 9.88. The van der Waals surface area contributed by atoms with Crippen LogP contribution in [-0.2, 0) is 6.42 Å². The molecule has 3 unspecified atom stereocenters. The van der Waals surface area contributed by atoms with Crippen LogP contribution in [0, 0.1) is 17.2 Å². The van der Waals surface area contributed by atoms with Crippen molar-refractivity contribution < 1.29 is 4.39 Å². The highest BCUT2D eigenvalue weighted by molar-refractivity contribution is 5.18. The van der Waals surface area contributed by atoms with E-state index in [2.05, 4.69) is 33.0 Å². The monoisotopic (exact) mass is 291 g/mol. The summed E-state index contributed by atoms with van der Waals surface area (Å²) in [4.78, 5) is 0. The molecule has 118 valence electrons. The average Bonchev–Trinajstić information content (AvgIpc) is 2.41. The molecule has 0 radical (unpaired) electrons. The van der Waals surface area contributed by atoms with E-state index in [1.165, 1.54) is 25.7 Å². The zero-order valence-electron chi connectivity index (χ0n) is 14.0. The quantitative estimate of drug-likeness (QED) is 0.827. The normalized spacial score (nSPS) is 24.8. The maximum Gasteiger partial charge on any atom is 0.126 e. The van der Waals surface area contributed by atoms with Crippen molar-refractivity contribution in [1.29, 1.82) is 0 Å². The van der Waals surface area contributed by atoms with E-state index >= 15 is 0 Å². The van der Waals surface area contributed by atoms with E-state index < -0.39 is 0 Å². The molecule has 21 heavy (non-hydrogen) atoms. The van der Waals surface area contributed by atoms with Gasteiger partial charge in [-0.2, -0.15) is 0 Å². The van der Waals surface area contributed by atoms with Gasteiger partial charge in [0.05, 0.1) is 0 Å². The lowest BCUT2D eigenvalue weighted by atomic mass is 9.69. The van der Waals surface area contributed by atoms with Gasteiger partial charge in [-0.1, -0.05) is 51.8 Å². The lowest BCUT2D eigenvalue weighted by Gasteiger charge is -2.42. The van der Waals surface area contributed by atoms with Crippen molar-refractivity contribution in [2.75, 3.05) is 0 Å². The van der Waals surface area contributed by atoms with E-state index in [9.17, 15) is 4.39 Å². The molecule has 0 aliphatic heterocycles. The van der Waals surface area contributed by atoms with Gasteiger partial charge in [0.15, 0.2) is 0 Å². The number of hydrogen-bond donors (Lipinski definition) is 1. The van der Waals surface area contributed by atoms with Gasteiger partial charge >= 0.3 is 0 Å². The topological polar surface area (TPSA) is 12.0 Å². The van der Waals surface area contributed by atoms with E-state index in [1.54, 1.807) is 12.1 Å². The molecule has 1 aliphatic carbocycles. The molecule has 3 atom stereocenters. The molecule has 2 rings (SSSR count). The van der Waals surface area contributed by atoms with Crippen LogP contribution in [0.15, 0.2) is 24.3 Å². The summed E-state index contributed by atoms with van der Waals surface area (Å²) in [6.07, 6.45) is 6.00. The standard InChI is InChI=1S/C19H30FN/c1-14(13-15-9-5-7-11-17(15)20)21-18-12-8-6-10-16(18)19(2,3)4/h5,7,9,11,14,16,18,21H,6,8,10,12-13H2,1-4H3. The molecule has 1 aromatic rings. The third-order valence-electron chi connectivity index (χ3n) is 4.86. The molecular weight excluding hydrogens is 261 g/mol. The van der Waals surface area contributed by atoms with E-state index in [4.69, 9.17) is 0 Å². The summed E-state index contributed by atoms with van der Waals surface area (Å²) in [6.45, 7) is 9.22. The van der Waals surface area contributed by atoms with Gasteiger partial charge in [-0.3, -0.25) is 0 Å². The van der Waals surface area contributed by atoms with Gasteiger partial charge < -0.3 is 5.32 Å². The third kappa shape index (κ3) is 4.54. The Morgan fingerprint density at radius 3 is 2.52 bits per heavy atom. The van der Waals surface area contributed by atoms with Crippen LogP contribution in [0.25, 0.3) is 0 Å². The predicted molar refractivity (Wildman–Crippen MR) is 87.9 cm³/mol. The fourth-order valence-corrected chi connectivity index (χ4v) is 3.79. The van der Waals surface area contributed by atoms with Gasteiger partial charge in [-0.15, -0.1) is 0 Å². The lowest BCUT2D eigenvalue weighted by Crippen LogP contribution is -2.48. The Morgan fingerprint density at radius 2 is 1.86 bits per heavy atom. The molecule has 0 amide bonds. The van der Waals surface area contributed by atoms with Crippen molar-refractivity contribution in [3.05, 3.63) is 35.6 Å². The Bertz CT molecular complexity index is 449. The van der Waals surface area contributed by atoms with Gasteiger partial charge in [0.25, 0.3) is 0 Å². The molecule has 1 saturated carbocycles. The first kappa shape index (κ1) is 16.5. The molecule has 0 spiro atoms. The first-order valence-electron chi connectivity index (χ1n) is 8.37. The van der Waals surface area contributed by atoms with Gasteiger partial charge in [0, 0.05) is 12.1 Å². The predicted octanol–water partition coefficient (Wildman–Crippen LogP) is 4.95. The summed E-state index contributed by atoms with van der Waals surface area (Å²) in [6, 6.07) is 8.02. The SMILES string of the molecule is CC(Cc1ccccc1F)NC1CCCCC1C(C)(C)C. The first-order valence-corrected chi connectivity index (χ1v) is 8.37. The van der Waals surface area contributed by atoms with Gasteiger partial charge in [-0.05, 0) is 49.1 Å². The van der Waals surface area contributed by atoms with Crippen LogP contribution < -0.4 is 5.32 Å². The summed E-state index contributed by atoms with van der Waals surface area (Å²) in [5.74, 6) is 0.636. The van der Waals surface area contributed by atoms with E-state index in [0.29, 0.717) is 23.4 Å². The molecule has 0 heterocycles. The highest BCUT2D eigenvalue weighted by Crippen LogP contribution is 2.38. The summed E-state index contributed by atoms with van der Waals surface area (Å²) >= 11 is 0. The van der Waals surface area contributed by atoms with Crippen LogP contribution >= 0.6 is 0 Å². The van der Waals surface area contributed by atoms with Crippen LogP contribution in [0.5, 0.6) is 0 Å². The van der Waals surface area contributed by atoms with E-state index in [0.717, 1.165) is 12.0 Å². The fraction of sp³-hybridized carbons (Fsp3) is 0.684. The summed E-state index contributed by atoms with van der Waals surface area (Å²) in [5, 5.41) is 3.78. The molecule has 1 N–H and O–H groups in total. The van der Waals surface area contributed by atoms with E-state index in [-0.39, 0.29) is 5.82 Å². The molecule has 1 fully saturated rings. The van der Waals surface area contributed by atoms with Crippen LogP contribution in [0.2, 0.25) is 0 Å². The Kier molecular flexibility index (Phi) is 5.43. The lowest BCUT2D eigenvalue weighted by molar-refractivity contribution is 0.124. The van der Waals surface area contributed by atoms with Crippen LogP contribution in [0.1, 0.15) is 58.9 Å². The Morgan fingerprint density at radius 1 is 1.19 bits per heavy atom. The number of benzene rings is 1. The molecule has 0 bridgehead atoms. The maximum absolute atomic E-state index is 13.8. The molecule has 1 aromatic carbocycles. The van der Waals surface area contributed by atoms with Crippen molar-refractivity contribution >= 4 is 0 Å². The van der Waals surface area contributed by atoms with Crippen molar-refractivity contribution in [2.45, 2.75) is 71.9 Å². The summed E-state index contributed by atoms with van der Waals surface area (Å²) < 4.78 is 13.8. The highest BCUT2D eigenvalue weighted by Gasteiger charge is 2.34. The highest BCUT2D eigenvalue weighted by atomic mass is 19.1. The van der Waals surface area contributed by atoms with Gasteiger partial charge in [0.1, 0.15) is 5.82 Å². The zero-order valence-corrected chi connectivity index (χ0v) is 14.0. The molecule has 0 saturated heterocycles. The minimum Gasteiger partial charge on any atom is -0.311 e. The smallest absolute Gasteiger partial charge is 0.126 e. The van der Waals surface area contributed by atoms with Crippen LogP contribution in [-0.4, -0.2) is 12.1 Å². The van der Waals surface area contributed by atoms with Crippen molar-refractivity contribution in [2.24, 2.45) is 11.3 Å². The summed E-state index contributed by atoms with van der Waals surface area (Å²) in [5.41, 5.74) is 1.16. The Labute approximate surface area is 129 Å².